The van der Waals surface area contributed by atoms with E-state index >= 15 is 0 Å². The molecule has 168 valence electrons. The second-order valence-corrected chi connectivity index (χ2v) is 8.54. The molecule has 2 heterocycles. The summed E-state index contributed by atoms with van der Waals surface area (Å²) in [5.74, 6) is 1.86. The monoisotopic (exact) mass is 460 g/mol. The topological polar surface area (TPSA) is 97.3 Å². The number of hydrogen-bond donors (Lipinski definition) is 2. The SMILES string of the molecule is Cc1ccc(/C=N/NC(=O)C(C)Sc2nnc(CNc3ccccc3)n2-c2ccccc2)o1. The fraction of sp³-hybridized carbons (Fsp3) is 0.167. The number of furan rings is 1. The molecule has 0 fully saturated rings. The van der Waals surface area contributed by atoms with E-state index in [9.17, 15) is 4.79 Å². The fourth-order valence-electron chi connectivity index (χ4n) is 3.05. The number of nitrogens with one attached hydrogen (secondary N) is 2. The lowest BCUT2D eigenvalue weighted by Gasteiger charge is -2.13. The van der Waals surface area contributed by atoms with Crippen molar-refractivity contribution >= 4 is 29.6 Å². The van der Waals surface area contributed by atoms with Crippen molar-refractivity contribution in [2.75, 3.05) is 5.32 Å². The number of carbonyl (C=O) groups is 1. The van der Waals surface area contributed by atoms with E-state index in [1.807, 2.05) is 78.2 Å². The molecule has 4 aromatic rings. The van der Waals surface area contributed by atoms with Crippen molar-refractivity contribution in [3.8, 4) is 5.69 Å². The van der Waals surface area contributed by atoms with Gasteiger partial charge in [-0.25, -0.2) is 5.43 Å². The molecule has 2 N–H and O–H groups in total. The minimum Gasteiger partial charge on any atom is -0.460 e. The summed E-state index contributed by atoms with van der Waals surface area (Å²) in [6.07, 6.45) is 1.47. The van der Waals surface area contributed by atoms with E-state index in [-0.39, 0.29) is 5.91 Å². The number of carbonyl (C=O) groups excluding carboxylic acids is 1. The number of aryl methyl sites for hydroxylation is 1. The van der Waals surface area contributed by atoms with Gasteiger partial charge in [0.15, 0.2) is 11.0 Å². The van der Waals surface area contributed by atoms with Gasteiger partial charge >= 0.3 is 0 Å². The van der Waals surface area contributed by atoms with Gasteiger partial charge in [-0.05, 0) is 50.2 Å². The highest BCUT2D eigenvalue weighted by molar-refractivity contribution is 8.00. The molecule has 2 aromatic carbocycles. The van der Waals surface area contributed by atoms with E-state index in [0.717, 1.165) is 23.0 Å². The Morgan fingerprint density at radius 2 is 1.82 bits per heavy atom. The number of benzene rings is 2. The van der Waals surface area contributed by atoms with Crippen LogP contribution in [0.5, 0.6) is 0 Å². The zero-order chi connectivity index (χ0) is 23.0. The quantitative estimate of drug-likeness (QED) is 0.218. The Morgan fingerprint density at radius 3 is 2.52 bits per heavy atom. The summed E-state index contributed by atoms with van der Waals surface area (Å²) in [5, 5.41) is 16.3. The zero-order valence-electron chi connectivity index (χ0n) is 18.3. The van der Waals surface area contributed by atoms with Crippen LogP contribution in [0.3, 0.4) is 0 Å². The van der Waals surface area contributed by atoms with Crippen molar-refractivity contribution in [3.63, 3.8) is 0 Å². The van der Waals surface area contributed by atoms with Crippen LogP contribution in [-0.2, 0) is 11.3 Å². The molecule has 1 amide bonds. The van der Waals surface area contributed by atoms with Gasteiger partial charge in [-0.1, -0.05) is 48.2 Å². The average molecular weight is 461 g/mol. The molecule has 8 nitrogen and oxygen atoms in total. The third kappa shape index (κ3) is 5.89. The highest BCUT2D eigenvalue weighted by Crippen LogP contribution is 2.26. The summed E-state index contributed by atoms with van der Waals surface area (Å²) in [6, 6.07) is 23.4. The van der Waals surface area contributed by atoms with E-state index in [4.69, 9.17) is 4.42 Å². The standard InChI is InChI=1S/C24H24N6O2S/c1-17-13-14-21(32-17)15-26-28-23(31)18(2)33-24-29-27-22(16-25-19-9-5-3-6-10-19)30(24)20-11-7-4-8-12-20/h3-15,18,25H,16H2,1-2H3,(H,28,31)/b26-15+. The average Bonchev–Trinajstić information content (AvgIpc) is 3.44. The highest BCUT2D eigenvalue weighted by Gasteiger charge is 2.21. The van der Waals surface area contributed by atoms with Crippen LogP contribution in [0.2, 0.25) is 0 Å². The molecule has 0 saturated heterocycles. The first-order valence-electron chi connectivity index (χ1n) is 10.4. The number of amides is 1. The smallest absolute Gasteiger partial charge is 0.253 e. The zero-order valence-corrected chi connectivity index (χ0v) is 19.1. The summed E-state index contributed by atoms with van der Waals surface area (Å²) < 4.78 is 7.37. The molecule has 0 aliphatic carbocycles. The molecule has 2 aromatic heterocycles. The van der Waals surface area contributed by atoms with Crippen molar-refractivity contribution in [2.24, 2.45) is 5.10 Å². The molecule has 1 atom stereocenters. The summed E-state index contributed by atoms with van der Waals surface area (Å²) >= 11 is 1.32. The van der Waals surface area contributed by atoms with Gasteiger partial charge in [0.25, 0.3) is 5.91 Å². The lowest BCUT2D eigenvalue weighted by atomic mass is 10.3. The van der Waals surface area contributed by atoms with Crippen LogP contribution in [0, 0.1) is 6.92 Å². The molecular formula is C24H24N6O2S. The van der Waals surface area contributed by atoms with Crippen molar-refractivity contribution in [3.05, 3.63) is 90.1 Å². The van der Waals surface area contributed by atoms with Gasteiger partial charge in [0.1, 0.15) is 11.5 Å². The predicted octanol–water partition coefficient (Wildman–Crippen LogP) is 4.41. The minimum atomic E-state index is -0.443. The van der Waals surface area contributed by atoms with Crippen molar-refractivity contribution in [2.45, 2.75) is 30.8 Å². The number of aromatic nitrogens is 3. The second kappa shape index (κ2) is 10.6. The summed E-state index contributed by atoms with van der Waals surface area (Å²) in [5.41, 5.74) is 4.47. The molecule has 0 radical (unpaired) electrons. The number of anilines is 1. The molecule has 4 rings (SSSR count). The summed E-state index contributed by atoms with van der Waals surface area (Å²) in [6.45, 7) is 4.14. The molecule has 0 aliphatic rings. The molecule has 1 unspecified atom stereocenters. The van der Waals surface area contributed by atoms with Crippen LogP contribution >= 0.6 is 11.8 Å². The first-order valence-corrected chi connectivity index (χ1v) is 11.3. The van der Waals surface area contributed by atoms with Crippen molar-refractivity contribution < 1.29 is 9.21 Å². The number of thioether (sulfide) groups is 1. The number of hydrazone groups is 1. The lowest BCUT2D eigenvalue weighted by molar-refractivity contribution is -0.120. The van der Waals surface area contributed by atoms with Gasteiger partial charge in [-0.3, -0.25) is 9.36 Å². The van der Waals surface area contributed by atoms with Crippen LogP contribution in [0.1, 0.15) is 24.3 Å². The van der Waals surface area contributed by atoms with Gasteiger partial charge in [0, 0.05) is 11.4 Å². The third-order valence-corrected chi connectivity index (χ3v) is 5.76. The first-order chi connectivity index (χ1) is 16.1. The van der Waals surface area contributed by atoms with Gasteiger partial charge in [-0.15, -0.1) is 10.2 Å². The van der Waals surface area contributed by atoms with Crippen LogP contribution in [0.25, 0.3) is 5.69 Å². The molecule has 0 spiro atoms. The van der Waals surface area contributed by atoms with Crippen LogP contribution in [0.15, 0.2) is 87.5 Å². The predicted molar refractivity (Wildman–Crippen MR) is 130 cm³/mol. The molecule has 0 saturated carbocycles. The van der Waals surface area contributed by atoms with E-state index in [1.165, 1.54) is 18.0 Å². The first kappa shape index (κ1) is 22.3. The molecule has 9 heteroatoms. The Morgan fingerprint density at radius 1 is 1.09 bits per heavy atom. The Labute approximate surface area is 196 Å². The minimum absolute atomic E-state index is 0.244. The highest BCUT2D eigenvalue weighted by atomic mass is 32.2. The summed E-state index contributed by atoms with van der Waals surface area (Å²) in [4.78, 5) is 12.6. The van der Waals surface area contributed by atoms with E-state index in [2.05, 4.69) is 26.0 Å². The molecule has 33 heavy (non-hydrogen) atoms. The van der Waals surface area contributed by atoms with Gasteiger partial charge in [0.2, 0.25) is 0 Å². The molecular weight excluding hydrogens is 436 g/mol. The number of hydrogen-bond acceptors (Lipinski definition) is 7. The second-order valence-electron chi connectivity index (χ2n) is 7.23. The Balaban J connectivity index is 1.47. The van der Waals surface area contributed by atoms with E-state index in [1.54, 1.807) is 13.0 Å². The summed E-state index contributed by atoms with van der Waals surface area (Å²) in [7, 11) is 0. The molecule has 0 bridgehead atoms. The third-order valence-electron chi connectivity index (χ3n) is 4.72. The number of rotatable bonds is 9. The molecule has 0 aliphatic heterocycles. The van der Waals surface area contributed by atoms with Gasteiger partial charge in [0.05, 0.1) is 18.0 Å². The number of para-hydroxylation sites is 2. The number of nitrogens with zero attached hydrogens (tertiary/aromatic N) is 4. The lowest BCUT2D eigenvalue weighted by Crippen LogP contribution is -2.27. The maximum atomic E-state index is 12.6. The Kier molecular flexibility index (Phi) is 7.21. The van der Waals surface area contributed by atoms with E-state index in [0.29, 0.717) is 17.5 Å². The fourth-order valence-corrected chi connectivity index (χ4v) is 3.93. The van der Waals surface area contributed by atoms with Crippen LogP contribution < -0.4 is 10.7 Å². The van der Waals surface area contributed by atoms with Crippen molar-refractivity contribution in [1.82, 2.24) is 20.2 Å². The Bertz CT molecular complexity index is 1220. The van der Waals surface area contributed by atoms with Crippen LogP contribution in [-0.4, -0.2) is 32.1 Å². The normalized spacial score (nSPS) is 12.1. The largest absolute Gasteiger partial charge is 0.460 e. The maximum absolute atomic E-state index is 12.6. The maximum Gasteiger partial charge on any atom is 0.253 e. The van der Waals surface area contributed by atoms with Gasteiger partial charge < -0.3 is 9.73 Å². The Hall–Kier alpha value is -3.85. The van der Waals surface area contributed by atoms with Crippen LogP contribution in [0.4, 0.5) is 5.69 Å². The van der Waals surface area contributed by atoms with Gasteiger partial charge in [-0.2, -0.15) is 5.10 Å². The van der Waals surface area contributed by atoms with Crippen molar-refractivity contribution in [1.29, 1.82) is 0 Å². The van der Waals surface area contributed by atoms with E-state index < -0.39 is 5.25 Å².